The molecule has 10 bridgehead atoms. The summed E-state index contributed by atoms with van der Waals surface area (Å²) in [7, 11) is -5.88. The summed E-state index contributed by atoms with van der Waals surface area (Å²) in [5, 5.41) is 41.6. The number of nitrogens with zero attached hydrogens (tertiary/aromatic N) is 9. The molecule has 16 N–H and O–H groups in total. The number of aliphatic hydroxyl groups is 2. The van der Waals surface area contributed by atoms with Crippen LogP contribution in [0.3, 0.4) is 0 Å². The van der Waals surface area contributed by atoms with Crippen molar-refractivity contribution in [3.63, 3.8) is 0 Å². The number of hydrogen-bond acceptors (Lipinski definition) is 25. The van der Waals surface area contributed by atoms with Crippen LogP contribution in [-0.4, -0.2) is 207 Å². The quantitative estimate of drug-likeness (QED) is 0.0353. The summed E-state index contributed by atoms with van der Waals surface area (Å²) in [6, 6.07) is 5.84. The number of halogens is 2. The Labute approximate surface area is 727 Å². The number of imidazole rings is 1. The minimum absolute atomic E-state index is 0.0111. The van der Waals surface area contributed by atoms with E-state index >= 15 is 0 Å². The van der Waals surface area contributed by atoms with Crippen LogP contribution in [0.4, 0.5) is 0 Å². The molecule has 40 heteroatoms. The Morgan fingerprint density at radius 3 is 2.04 bits per heavy atom. The van der Waals surface area contributed by atoms with Crippen LogP contribution in [0.1, 0.15) is 170 Å². The number of rotatable bonds is 34. The Morgan fingerprint density at radius 2 is 1.45 bits per heavy atom. The van der Waals surface area contributed by atoms with Gasteiger partial charge in [0, 0.05) is 48.7 Å². The van der Waals surface area contributed by atoms with E-state index in [1.165, 1.54) is 40.3 Å². The fraction of sp³-hybridized carbons (Fsp3) is 0.622. The molecular weight excluding hydrogens is 1700 g/mol. The molecule has 670 valence electrons. The number of nitrogens with one attached hydrogen (secondary N) is 2. The molecule has 8 aliphatic rings. The van der Waals surface area contributed by atoms with Crippen LogP contribution in [0.2, 0.25) is 10.0 Å². The van der Waals surface area contributed by atoms with Crippen molar-refractivity contribution < 1.29 is 99.9 Å². The summed E-state index contributed by atoms with van der Waals surface area (Å²) < 4.78 is 67.7. The van der Waals surface area contributed by atoms with Crippen LogP contribution in [-0.2, 0) is 86.4 Å². The summed E-state index contributed by atoms with van der Waals surface area (Å²) in [5.41, 5.74) is 36.3. The van der Waals surface area contributed by atoms with Gasteiger partial charge in [-0.2, -0.15) is 4.31 Å². The average molecular weight is 1820 g/mol. The van der Waals surface area contributed by atoms with Gasteiger partial charge < -0.3 is 43.9 Å². The van der Waals surface area contributed by atoms with E-state index in [4.69, 9.17) is 91.1 Å². The molecule has 3 aromatic rings. The molecule has 2 aromatic carbocycles. The van der Waals surface area contributed by atoms with Crippen LogP contribution in [0.5, 0.6) is 0 Å². The first-order chi connectivity index (χ1) is 57.1. The summed E-state index contributed by atoms with van der Waals surface area (Å²) in [5.74, 6) is -8.08. The number of piperidine rings is 1. The molecule has 18 atom stereocenters. The number of hydrogen-bond donors (Lipinski definition) is 10. The van der Waals surface area contributed by atoms with Crippen molar-refractivity contribution in [1.29, 1.82) is 5.26 Å². The molecular formula is C82H115Cl2CoN17O18PS. The molecule has 0 radical (unpaired) electrons. The number of carbonyl (C=O) groups excluding carboxylic acids is 8. The predicted molar refractivity (Wildman–Crippen MR) is 448 cm³/mol. The zero-order chi connectivity index (χ0) is 90.2. The normalized spacial score (nSPS) is 31.7. The number of allylic oxidation sites excluding steroid dienone is 6. The maximum absolute atomic E-state index is 14.5. The molecule has 4 saturated heterocycles. The number of aromatic nitrogens is 2. The summed E-state index contributed by atoms with van der Waals surface area (Å²) in [4.78, 5) is 144. The predicted octanol–water partition coefficient (Wildman–Crippen LogP) is 4.95. The third-order valence-corrected chi connectivity index (χ3v) is 31.0. The van der Waals surface area contributed by atoms with Crippen LogP contribution in [0, 0.1) is 75.4 Å². The van der Waals surface area contributed by atoms with Gasteiger partial charge in [0.05, 0.1) is 35.5 Å². The van der Waals surface area contributed by atoms with Crippen LogP contribution >= 0.6 is 31.0 Å². The van der Waals surface area contributed by atoms with Gasteiger partial charge >= 0.3 is 417 Å². The molecule has 0 aliphatic carbocycles. The molecule has 0 saturated carbocycles. The second-order valence-corrected chi connectivity index (χ2v) is 39.8. The van der Waals surface area contributed by atoms with Gasteiger partial charge in [0.1, 0.15) is 24.4 Å². The van der Waals surface area contributed by atoms with E-state index in [-0.39, 0.29) is 125 Å². The zero-order valence-corrected chi connectivity index (χ0v) is 75.3. The van der Waals surface area contributed by atoms with E-state index in [0.717, 1.165) is 17.5 Å². The number of primary amides is 6. The van der Waals surface area contributed by atoms with Gasteiger partial charge in [-0.1, -0.05) is 23.2 Å². The van der Waals surface area contributed by atoms with Crippen molar-refractivity contribution >= 4 is 116 Å². The van der Waals surface area contributed by atoms with Gasteiger partial charge in [0.15, 0.2) is 6.23 Å². The number of amides is 8. The number of carbonyl (C=O) groups is 8. The summed E-state index contributed by atoms with van der Waals surface area (Å²) in [6.07, 6.45) is -3.37. The summed E-state index contributed by atoms with van der Waals surface area (Å²) >= 11 is 12.2. The third kappa shape index (κ3) is 19.2. The number of aryl methyl sites for hydroxylation is 2. The van der Waals surface area contributed by atoms with Crippen molar-refractivity contribution in [3.8, 4) is 5.00 Å². The van der Waals surface area contributed by atoms with Gasteiger partial charge in [0.25, 0.3) is 7.82 Å². The minimum Gasteiger partial charge on any atom is -0.383 e. The molecule has 35 nitrogen and oxygen atoms in total. The Hall–Kier alpha value is -7.90. The first kappa shape index (κ1) is 96.3. The fourth-order valence-corrected chi connectivity index (χ4v) is 25.1. The number of ether oxygens (including phenoxy) is 2. The number of nitriles is 1. The number of nitrogens with two attached hydrogens (primary N) is 6. The van der Waals surface area contributed by atoms with Gasteiger partial charge in [0.2, 0.25) is 15.9 Å². The number of phosphoric ester groups is 1. The number of aliphatic hydroxyl groups excluding tert-OH is 2. The second-order valence-electron chi connectivity index (χ2n) is 34.8. The Balaban J connectivity index is 0.000000450. The monoisotopic (exact) mass is 1820 g/mol. The van der Waals surface area contributed by atoms with Crippen molar-refractivity contribution in [3.05, 3.63) is 92.1 Å². The smallest absolute Gasteiger partial charge is 0.383 e. The first-order valence-electron chi connectivity index (χ1n) is 40.7. The van der Waals surface area contributed by atoms with Crippen LogP contribution < -0.4 is 49.9 Å². The topological polar surface area (TPSA) is 557 Å². The van der Waals surface area contributed by atoms with Crippen LogP contribution in [0.25, 0.3) is 11.0 Å². The van der Waals surface area contributed by atoms with Gasteiger partial charge in [-0.15, -0.1) is 0 Å². The molecule has 2 unspecified atom stereocenters. The van der Waals surface area contributed by atoms with Crippen LogP contribution in [0.15, 0.2) is 90.8 Å². The standard InChI is InChI=1S/C62H90N13O14P.C19H27Cl2N3O4S.CN.Co/c1-29-20-39-40(21-30(29)2)75(28-70-39)57-52(84)53(41(27-76)87-57)89-90(85,86)88-31(3)26-69-49(83)18-19-59(8)37(22-46(66)80)56-62(11)61(10,25-48(68)82)36(14-17-45(65)79)51(74-62)33(5)55-60(9,24-47(67)81)34(12-15-43(63)77)38(71-55)23-42-58(6,7)35(13-16-44(64)78)50(72-42)32(4)54(59)73-56;1-22-11-13-12-23(6-7-28-2)19(25)18-5-3-4-17(13)24(18)29(26,27)16-9-14(20)8-15(21)10-16;1-2;/h20-21,23,28,31,34-37,41,52-53,56-57,76,84H,12-19,22,24-27H2,1-11H3,(H15,63,64,65,66,67,68,69,71,72,73,74,77,78,79,80,81,82,83,85,86);8-10,13,17-18,22H,3-7,11-12H2,1-2H3;;/q;;;+2/p-2/t31?,34-,35-,36-,37+,41-,52-,53-,56-,57+,59-,60+,61+,62+;13-,17+,18-;;/m10../s1. The average Bonchev–Trinajstić information content (AvgIpc) is 1.51. The Kier molecular flexibility index (Phi) is 30.1. The van der Waals surface area contributed by atoms with Gasteiger partial charge in [-0.05, 0) is 81.6 Å². The number of methoxy groups -OCH3 is 1. The first-order valence-corrected chi connectivity index (χ1v) is 45.4. The van der Waals surface area contributed by atoms with Gasteiger partial charge in [-0.3, -0.25) is 9.36 Å². The van der Waals surface area contributed by atoms with Crippen molar-refractivity contribution in [2.75, 3.05) is 53.6 Å². The number of phosphoric acid groups is 1. The van der Waals surface area contributed by atoms with Crippen molar-refractivity contribution in [2.45, 2.75) is 225 Å². The molecule has 8 amide bonds. The number of aliphatic imine (C=N–C) groups is 3. The van der Waals surface area contributed by atoms with Gasteiger partial charge in [-0.25, -0.2) is 13.4 Å². The fourth-order valence-electron chi connectivity index (χ4n) is 20.1. The molecule has 0 spiro atoms. The SMILES string of the molecule is C/C1=C2N=C(/C=C3N=C(/C(C)=C4/[C@@H](CCC(N)=O)[C@](C)(CC(N)=O)[C@](C)([C@@H]5N=C1[C@](C)(CCC(=O)NCC(C)OP(=O)([O-])O[C@H]1[C@@H](O)[C@@H](n6cnc7cc(C)c(C)cc76)O[C@@H]1CO)[C@H]5CC(N)=O)[N]4[Co+][C]#N)[C@@](C)(CC(N)=O)[C@@H]\3CCC(N)=O)C(C)(C)[C@@H]/2CCC(N)=O.CNC[C@H]1CN(CCOC)C(=O)[C@@H]2CCC[C@H]1N2S(=O)(=O)c1cc(Cl)cc(Cl)c1. The number of sulfonamides is 1. The molecule has 1 aromatic heterocycles. The third-order valence-electron chi connectivity index (χ3n) is 26.5. The van der Waals surface area contributed by atoms with Crippen molar-refractivity contribution in [2.24, 2.45) is 101 Å². The Morgan fingerprint density at radius 1 is 0.828 bits per heavy atom. The zero-order valence-electron chi connectivity index (χ0n) is 71.0. The maximum atomic E-state index is 14.5. The van der Waals surface area contributed by atoms with E-state index in [2.05, 4.69) is 20.6 Å². The Bertz CT molecular complexity index is 5020. The number of fused-ring (bicyclic) bond motifs is 9. The molecule has 11 rings (SSSR count). The molecule has 9 heterocycles. The van der Waals surface area contributed by atoms with E-state index in [9.17, 15) is 71.7 Å². The molecule has 122 heavy (non-hydrogen) atoms. The summed E-state index contributed by atoms with van der Waals surface area (Å²) in [6.45, 7) is 20.7. The minimum atomic E-state index is -5.35. The van der Waals surface area contributed by atoms with E-state index in [0.29, 0.717) is 95.5 Å². The second kappa shape index (κ2) is 38.1. The van der Waals surface area contributed by atoms with E-state index < -0.39 is 159 Å². The number of benzene rings is 2. The van der Waals surface area contributed by atoms with E-state index in [1.54, 1.807) is 49.7 Å². The molecule has 8 aliphatic heterocycles. The molecule has 4 fully saturated rings. The van der Waals surface area contributed by atoms with E-state index in [1.807, 2.05) is 60.7 Å². The van der Waals surface area contributed by atoms with Crippen molar-refractivity contribution in [1.82, 2.24) is 33.3 Å².